The minimum Gasteiger partial charge on any atom is -0.477 e. The van der Waals surface area contributed by atoms with Crippen LogP contribution in [-0.4, -0.2) is 37.3 Å². The number of nitrogens with one attached hydrogen (secondary N) is 1. The molecule has 1 aliphatic rings. The summed E-state index contributed by atoms with van der Waals surface area (Å²) in [6, 6.07) is 17.1. The molecule has 1 atom stereocenters. The average molecular weight is 342 g/mol. The number of para-hydroxylation sites is 2. The fourth-order valence-electron chi connectivity index (χ4n) is 2.51. The van der Waals surface area contributed by atoms with Crippen LogP contribution < -0.4 is 15.0 Å². The number of amides is 2. The van der Waals surface area contributed by atoms with Crippen molar-refractivity contribution in [3.63, 3.8) is 0 Å². The first-order valence-corrected chi connectivity index (χ1v) is 8.63. The van der Waals surface area contributed by atoms with Gasteiger partial charge in [-0.2, -0.15) is 0 Å². The second kappa shape index (κ2) is 7.40. The molecule has 0 bridgehead atoms. The number of hydrogen-bond donors (Lipinski definition) is 1. The normalized spacial score (nSPS) is 16.0. The monoisotopic (exact) mass is 342 g/mol. The van der Waals surface area contributed by atoms with Gasteiger partial charge in [0, 0.05) is 11.9 Å². The summed E-state index contributed by atoms with van der Waals surface area (Å²) in [5, 5.41) is 2.58. The van der Waals surface area contributed by atoms with Crippen molar-refractivity contribution < 1.29 is 14.3 Å². The molecule has 0 saturated heterocycles. The van der Waals surface area contributed by atoms with E-state index < -0.39 is 6.10 Å². The second-order valence-electron chi connectivity index (χ2n) is 5.29. The van der Waals surface area contributed by atoms with Crippen molar-refractivity contribution in [3.05, 3.63) is 54.6 Å². The maximum Gasteiger partial charge on any atom is 0.262 e. The largest absolute Gasteiger partial charge is 0.477 e. The van der Waals surface area contributed by atoms with Gasteiger partial charge in [-0.1, -0.05) is 30.3 Å². The van der Waals surface area contributed by atoms with E-state index in [9.17, 15) is 9.59 Å². The summed E-state index contributed by atoms with van der Waals surface area (Å²) >= 11 is 1.48. The second-order valence-corrected chi connectivity index (χ2v) is 6.34. The molecule has 124 valence electrons. The average Bonchev–Trinajstić information content (AvgIpc) is 2.65. The van der Waals surface area contributed by atoms with Crippen molar-refractivity contribution in [2.45, 2.75) is 11.0 Å². The first kappa shape index (κ1) is 16.4. The SMILES string of the molecule is CNC(=O)[C@@H]1CN(C(=O)CSc2ccccc2)c2ccccc2O1. The zero-order valence-electron chi connectivity index (χ0n) is 13.3. The van der Waals surface area contributed by atoms with Crippen LogP contribution in [0.2, 0.25) is 0 Å². The fraction of sp³-hybridized carbons (Fsp3) is 0.222. The summed E-state index contributed by atoms with van der Waals surface area (Å²) < 4.78 is 5.72. The topological polar surface area (TPSA) is 58.6 Å². The van der Waals surface area contributed by atoms with Crippen LogP contribution in [0.25, 0.3) is 0 Å². The lowest BCUT2D eigenvalue weighted by Gasteiger charge is -2.34. The number of ether oxygens (including phenoxy) is 1. The summed E-state index contributed by atoms with van der Waals surface area (Å²) in [6.07, 6.45) is -0.699. The summed E-state index contributed by atoms with van der Waals surface area (Å²) in [5.74, 6) is 0.570. The van der Waals surface area contributed by atoms with E-state index >= 15 is 0 Å². The maximum absolute atomic E-state index is 12.7. The van der Waals surface area contributed by atoms with E-state index in [1.54, 1.807) is 18.0 Å². The third-order valence-corrected chi connectivity index (χ3v) is 4.72. The highest BCUT2D eigenvalue weighted by molar-refractivity contribution is 8.00. The zero-order valence-corrected chi connectivity index (χ0v) is 14.1. The summed E-state index contributed by atoms with van der Waals surface area (Å²) in [6.45, 7) is 0.213. The van der Waals surface area contributed by atoms with E-state index in [1.165, 1.54) is 11.8 Å². The molecule has 24 heavy (non-hydrogen) atoms. The minimum atomic E-state index is -0.699. The van der Waals surface area contributed by atoms with Gasteiger partial charge in [0.2, 0.25) is 5.91 Å². The van der Waals surface area contributed by atoms with E-state index in [0.29, 0.717) is 17.2 Å². The maximum atomic E-state index is 12.7. The number of nitrogens with zero attached hydrogens (tertiary/aromatic N) is 1. The van der Waals surface area contributed by atoms with Crippen LogP contribution in [0.3, 0.4) is 0 Å². The first-order valence-electron chi connectivity index (χ1n) is 7.64. The van der Waals surface area contributed by atoms with Gasteiger partial charge in [-0.15, -0.1) is 11.8 Å². The summed E-state index contributed by atoms with van der Waals surface area (Å²) in [7, 11) is 1.56. The van der Waals surface area contributed by atoms with Crippen molar-refractivity contribution >= 4 is 29.3 Å². The Morgan fingerprint density at radius 1 is 1.17 bits per heavy atom. The first-order chi connectivity index (χ1) is 11.7. The van der Waals surface area contributed by atoms with Gasteiger partial charge in [-0.05, 0) is 24.3 Å². The highest BCUT2D eigenvalue weighted by Crippen LogP contribution is 2.33. The number of fused-ring (bicyclic) bond motifs is 1. The molecule has 6 heteroatoms. The Morgan fingerprint density at radius 3 is 2.62 bits per heavy atom. The smallest absolute Gasteiger partial charge is 0.262 e. The Hall–Kier alpha value is -2.47. The van der Waals surface area contributed by atoms with Crippen LogP contribution in [0.1, 0.15) is 0 Å². The van der Waals surface area contributed by atoms with E-state index in [-0.39, 0.29) is 18.4 Å². The standard InChI is InChI=1S/C18H18N2O3S/c1-19-18(22)16-11-20(14-9-5-6-10-15(14)23-16)17(21)12-24-13-7-3-2-4-8-13/h2-10,16H,11-12H2,1H3,(H,19,22)/t16-/m0/s1. The molecule has 1 N–H and O–H groups in total. The number of thioether (sulfide) groups is 1. The Kier molecular flexibility index (Phi) is 5.05. The quantitative estimate of drug-likeness (QED) is 0.867. The molecule has 2 aromatic carbocycles. The van der Waals surface area contributed by atoms with Crippen LogP contribution >= 0.6 is 11.8 Å². The van der Waals surface area contributed by atoms with Gasteiger partial charge >= 0.3 is 0 Å². The van der Waals surface area contributed by atoms with Gasteiger partial charge in [0.15, 0.2) is 6.10 Å². The zero-order chi connectivity index (χ0) is 16.9. The minimum absolute atomic E-state index is 0.0477. The van der Waals surface area contributed by atoms with Crippen molar-refractivity contribution in [2.75, 3.05) is 24.2 Å². The summed E-state index contributed by atoms with van der Waals surface area (Å²) in [4.78, 5) is 27.3. The molecule has 0 saturated carbocycles. The van der Waals surface area contributed by atoms with Crippen LogP contribution in [0.5, 0.6) is 5.75 Å². The molecule has 1 heterocycles. The molecule has 0 aromatic heterocycles. The Bertz CT molecular complexity index is 736. The molecule has 0 radical (unpaired) electrons. The highest BCUT2D eigenvalue weighted by Gasteiger charge is 2.33. The molecule has 0 spiro atoms. The fourth-order valence-corrected chi connectivity index (χ4v) is 3.30. The molecule has 1 aliphatic heterocycles. The number of benzene rings is 2. The molecule has 3 rings (SSSR count). The van der Waals surface area contributed by atoms with Gasteiger partial charge in [-0.3, -0.25) is 9.59 Å². The molecular weight excluding hydrogens is 324 g/mol. The van der Waals surface area contributed by atoms with E-state index in [1.807, 2.05) is 48.5 Å². The number of carbonyl (C=O) groups is 2. The van der Waals surface area contributed by atoms with Crippen molar-refractivity contribution in [1.29, 1.82) is 0 Å². The van der Waals surface area contributed by atoms with Gasteiger partial charge < -0.3 is 15.0 Å². The third-order valence-electron chi connectivity index (χ3n) is 3.72. The lowest BCUT2D eigenvalue weighted by Crippen LogP contribution is -2.50. The number of hydrogen-bond acceptors (Lipinski definition) is 4. The van der Waals surface area contributed by atoms with Gasteiger partial charge in [0.25, 0.3) is 5.91 Å². The molecule has 5 nitrogen and oxygen atoms in total. The van der Waals surface area contributed by atoms with E-state index in [2.05, 4.69) is 5.32 Å². The summed E-state index contributed by atoms with van der Waals surface area (Å²) in [5.41, 5.74) is 0.705. The lowest BCUT2D eigenvalue weighted by molar-refractivity contribution is -0.127. The van der Waals surface area contributed by atoms with Gasteiger partial charge in [0.1, 0.15) is 5.75 Å². The molecule has 0 aliphatic carbocycles. The number of rotatable bonds is 4. The highest BCUT2D eigenvalue weighted by atomic mass is 32.2. The van der Waals surface area contributed by atoms with Crippen LogP contribution in [0.15, 0.2) is 59.5 Å². The molecule has 0 unspecified atom stereocenters. The number of likely N-dealkylation sites (N-methyl/N-ethyl adjacent to an activating group) is 1. The molecule has 2 amide bonds. The van der Waals surface area contributed by atoms with E-state index in [0.717, 1.165) is 4.90 Å². The van der Waals surface area contributed by atoms with Crippen molar-refractivity contribution in [3.8, 4) is 5.75 Å². The van der Waals surface area contributed by atoms with Crippen LogP contribution in [0.4, 0.5) is 5.69 Å². The van der Waals surface area contributed by atoms with Gasteiger partial charge in [0.05, 0.1) is 18.0 Å². The van der Waals surface area contributed by atoms with Crippen LogP contribution in [-0.2, 0) is 9.59 Å². The Labute approximate surface area is 145 Å². The molecule has 0 fully saturated rings. The van der Waals surface area contributed by atoms with Crippen molar-refractivity contribution in [1.82, 2.24) is 5.32 Å². The number of anilines is 1. The number of carbonyl (C=O) groups excluding carboxylic acids is 2. The third kappa shape index (κ3) is 3.54. The lowest BCUT2D eigenvalue weighted by atomic mass is 10.2. The van der Waals surface area contributed by atoms with Crippen LogP contribution in [0, 0.1) is 0 Å². The molecular formula is C18H18N2O3S. The van der Waals surface area contributed by atoms with Crippen molar-refractivity contribution in [2.24, 2.45) is 0 Å². The Balaban J connectivity index is 1.77. The molecule has 2 aromatic rings. The van der Waals surface area contributed by atoms with Gasteiger partial charge in [-0.25, -0.2) is 0 Å². The Morgan fingerprint density at radius 2 is 1.88 bits per heavy atom. The van der Waals surface area contributed by atoms with E-state index in [4.69, 9.17) is 4.74 Å². The predicted octanol–water partition coefficient (Wildman–Crippen LogP) is 2.32. The predicted molar refractivity (Wildman–Crippen MR) is 94.4 cm³/mol.